The third-order valence-corrected chi connectivity index (χ3v) is 3.62. The summed E-state index contributed by atoms with van der Waals surface area (Å²) in [5.74, 6) is 0.749. The molecule has 0 unspecified atom stereocenters. The lowest BCUT2D eigenvalue weighted by Crippen LogP contribution is -2.26. The molecule has 0 saturated carbocycles. The van der Waals surface area contributed by atoms with Crippen molar-refractivity contribution in [2.45, 2.75) is 31.6 Å². The number of aromatic nitrogens is 1. The zero-order valence-corrected chi connectivity index (χ0v) is 9.10. The van der Waals surface area contributed by atoms with Gasteiger partial charge in [-0.15, -0.1) is 0 Å². The maximum atomic E-state index is 3.61. The van der Waals surface area contributed by atoms with E-state index in [1.54, 1.807) is 0 Å². The molecule has 0 atom stereocenters. The summed E-state index contributed by atoms with van der Waals surface area (Å²) in [6.45, 7) is 3.47. The molecule has 2 aliphatic rings. The lowest BCUT2D eigenvalue weighted by atomic mass is 9.95. The zero-order chi connectivity index (χ0) is 10.1. The van der Waals surface area contributed by atoms with Gasteiger partial charge in [0.1, 0.15) is 0 Å². The number of hydrogen-bond donors (Lipinski definition) is 3. The fourth-order valence-corrected chi connectivity index (χ4v) is 2.72. The number of fused-ring (bicyclic) bond motifs is 1. The van der Waals surface area contributed by atoms with E-state index in [1.165, 1.54) is 55.8 Å². The van der Waals surface area contributed by atoms with Gasteiger partial charge >= 0.3 is 0 Å². The first kappa shape index (κ1) is 9.28. The standard InChI is InChI=1S/C12H19N3/c1-2-10-12(14-5-1)8-11(15-10)9-3-6-13-7-4-9/h8-9,13-15H,1-7H2. The van der Waals surface area contributed by atoms with Crippen LogP contribution in [0, 0.1) is 0 Å². The Labute approximate surface area is 90.6 Å². The number of aryl methyl sites for hydroxylation is 1. The molecule has 0 amide bonds. The van der Waals surface area contributed by atoms with Gasteiger partial charge in [-0.2, -0.15) is 0 Å². The van der Waals surface area contributed by atoms with Gasteiger partial charge in [0.25, 0.3) is 0 Å². The van der Waals surface area contributed by atoms with E-state index in [2.05, 4.69) is 21.7 Å². The molecule has 3 heteroatoms. The normalized spacial score (nSPS) is 22.1. The van der Waals surface area contributed by atoms with E-state index in [9.17, 15) is 0 Å². The molecule has 3 nitrogen and oxygen atoms in total. The molecule has 2 aliphatic heterocycles. The van der Waals surface area contributed by atoms with Crippen molar-refractivity contribution in [3.8, 4) is 0 Å². The first-order valence-electron chi connectivity index (χ1n) is 6.10. The van der Waals surface area contributed by atoms with Gasteiger partial charge in [-0.3, -0.25) is 0 Å². The van der Waals surface area contributed by atoms with Gasteiger partial charge in [0.15, 0.2) is 0 Å². The van der Waals surface area contributed by atoms with Crippen molar-refractivity contribution in [3.63, 3.8) is 0 Å². The Balaban J connectivity index is 1.82. The number of aromatic amines is 1. The highest BCUT2D eigenvalue weighted by Gasteiger charge is 2.19. The molecule has 1 aromatic heterocycles. The second-order valence-electron chi connectivity index (χ2n) is 4.67. The summed E-state index contributed by atoms with van der Waals surface area (Å²) in [6, 6.07) is 2.34. The zero-order valence-electron chi connectivity index (χ0n) is 9.10. The van der Waals surface area contributed by atoms with Crippen molar-refractivity contribution in [1.29, 1.82) is 0 Å². The molecule has 0 radical (unpaired) electrons. The highest BCUT2D eigenvalue weighted by Crippen LogP contribution is 2.30. The summed E-state index contributed by atoms with van der Waals surface area (Å²) in [7, 11) is 0. The average molecular weight is 205 g/mol. The summed E-state index contributed by atoms with van der Waals surface area (Å²) < 4.78 is 0. The average Bonchev–Trinajstić information content (AvgIpc) is 2.74. The van der Waals surface area contributed by atoms with Crippen molar-refractivity contribution in [1.82, 2.24) is 10.3 Å². The summed E-state index contributed by atoms with van der Waals surface area (Å²) in [4.78, 5) is 3.61. The molecule has 1 fully saturated rings. The van der Waals surface area contributed by atoms with Crippen molar-refractivity contribution < 1.29 is 0 Å². The van der Waals surface area contributed by atoms with Crippen LogP contribution in [0.25, 0.3) is 0 Å². The van der Waals surface area contributed by atoms with Crippen LogP contribution in [-0.2, 0) is 6.42 Å². The van der Waals surface area contributed by atoms with Crippen molar-refractivity contribution in [3.05, 3.63) is 17.5 Å². The van der Waals surface area contributed by atoms with E-state index in [-0.39, 0.29) is 0 Å². The number of rotatable bonds is 1. The molecular formula is C12H19N3. The molecule has 15 heavy (non-hydrogen) atoms. The number of hydrogen-bond acceptors (Lipinski definition) is 2. The van der Waals surface area contributed by atoms with Gasteiger partial charge in [-0.1, -0.05) is 0 Å². The lowest BCUT2D eigenvalue weighted by molar-refractivity contribution is 0.454. The minimum Gasteiger partial charge on any atom is -0.384 e. The van der Waals surface area contributed by atoms with Crippen LogP contribution in [0.2, 0.25) is 0 Å². The summed E-state index contributed by atoms with van der Waals surface area (Å²) in [5, 5.41) is 6.89. The Morgan fingerprint density at radius 2 is 2.00 bits per heavy atom. The Morgan fingerprint density at radius 3 is 2.80 bits per heavy atom. The second kappa shape index (κ2) is 3.89. The van der Waals surface area contributed by atoms with E-state index in [0.717, 1.165) is 12.5 Å². The number of anilines is 1. The van der Waals surface area contributed by atoms with E-state index >= 15 is 0 Å². The minimum absolute atomic E-state index is 0.749. The molecule has 3 N–H and O–H groups in total. The summed E-state index contributed by atoms with van der Waals surface area (Å²) in [6.07, 6.45) is 5.03. The predicted molar refractivity (Wildman–Crippen MR) is 62.4 cm³/mol. The lowest BCUT2D eigenvalue weighted by Gasteiger charge is -2.21. The predicted octanol–water partition coefficient (Wildman–Crippen LogP) is 1.84. The van der Waals surface area contributed by atoms with Crippen LogP contribution in [-0.4, -0.2) is 24.6 Å². The van der Waals surface area contributed by atoms with Crippen LogP contribution < -0.4 is 10.6 Å². The van der Waals surface area contributed by atoms with Crippen LogP contribution in [0.3, 0.4) is 0 Å². The molecule has 0 aliphatic carbocycles. The molecule has 3 heterocycles. The van der Waals surface area contributed by atoms with E-state index < -0.39 is 0 Å². The smallest absolute Gasteiger partial charge is 0.0553 e. The summed E-state index contributed by atoms with van der Waals surface area (Å²) in [5.41, 5.74) is 4.24. The van der Waals surface area contributed by atoms with Crippen LogP contribution in [0.15, 0.2) is 6.07 Å². The number of piperidine rings is 1. The van der Waals surface area contributed by atoms with Crippen LogP contribution >= 0.6 is 0 Å². The molecule has 1 saturated heterocycles. The highest BCUT2D eigenvalue weighted by atomic mass is 14.9. The Hall–Kier alpha value is -0.960. The number of H-pyrrole nitrogens is 1. The van der Waals surface area contributed by atoms with Crippen molar-refractivity contribution >= 4 is 5.69 Å². The molecule has 0 spiro atoms. The molecule has 0 aromatic carbocycles. The van der Waals surface area contributed by atoms with E-state index in [1.807, 2.05) is 0 Å². The van der Waals surface area contributed by atoms with Gasteiger partial charge in [0, 0.05) is 23.9 Å². The Morgan fingerprint density at radius 1 is 1.13 bits per heavy atom. The SMILES string of the molecule is c1c(C2CCNCC2)[nH]c2c1NCCC2. The highest BCUT2D eigenvalue weighted by molar-refractivity contribution is 5.53. The monoisotopic (exact) mass is 205 g/mol. The third-order valence-electron chi connectivity index (χ3n) is 3.62. The first-order valence-corrected chi connectivity index (χ1v) is 6.10. The minimum atomic E-state index is 0.749. The van der Waals surface area contributed by atoms with Gasteiger partial charge in [-0.25, -0.2) is 0 Å². The maximum absolute atomic E-state index is 3.61. The van der Waals surface area contributed by atoms with Gasteiger partial charge in [0.2, 0.25) is 0 Å². The van der Waals surface area contributed by atoms with Crippen LogP contribution in [0.4, 0.5) is 5.69 Å². The fraction of sp³-hybridized carbons (Fsp3) is 0.667. The largest absolute Gasteiger partial charge is 0.384 e. The fourth-order valence-electron chi connectivity index (χ4n) is 2.72. The number of nitrogens with one attached hydrogen (secondary N) is 3. The van der Waals surface area contributed by atoms with Gasteiger partial charge in [0.05, 0.1) is 5.69 Å². The molecule has 1 aromatic rings. The topological polar surface area (TPSA) is 39.9 Å². The molecular weight excluding hydrogens is 186 g/mol. The first-order chi connectivity index (χ1) is 7.43. The summed E-state index contributed by atoms with van der Waals surface area (Å²) >= 11 is 0. The van der Waals surface area contributed by atoms with Crippen molar-refractivity contribution in [2.75, 3.05) is 25.0 Å². The van der Waals surface area contributed by atoms with Gasteiger partial charge in [-0.05, 0) is 44.8 Å². The van der Waals surface area contributed by atoms with Gasteiger partial charge < -0.3 is 15.6 Å². The maximum Gasteiger partial charge on any atom is 0.0553 e. The third kappa shape index (κ3) is 1.76. The molecule has 3 rings (SSSR count). The Kier molecular flexibility index (Phi) is 2.41. The van der Waals surface area contributed by atoms with Crippen LogP contribution in [0.5, 0.6) is 0 Å². The molecule has 82 valence electrons. The van der Waals surface area contributed by atoms with E-state index in [4.69, 9.17) is 0 Å². The Bertz CT molecular complexity index is 313. The quantitative estimate of drug-likeness (QED) is 0.654. The van der Waals surface area contributed by atoms with E-state index in [0.29, 0.717) is 0 Å². The van der Waals surface area contributed by atoms with Crippen LogP contribution in [0.1, 0.15) is 36.6 Å². The van der Waals surface area contributed by atoms with Crippen molar-refractivity contribution in [2.24, 2.45) is 0 Å². The second-order valence-corrected chi connectivity index (χ2v) is 4.67. The molecule has 0 bridgehead atoms.